The fourth-order valence-electron chi connectivity index (χ4n) is 2.03. The number of thiazole rings is 2. The fraction of sp³-hybridized carbons (Fsp3) is 0.125. The summed E-state index contributed by atoms with van der Waals surface area (Å²) >= 11 is 2.79. The lowest BCUT2D eigenvalue weighted by atomic mass is 10.1. The van der Waals surface area contributed by atoms with Crippen molar-refractivity contribution < 1.29 is 9.59 Å². The molecule has 0 aliphatic carbocycles. The molecule has 0 bridgehead atoms. The van der Waals surface area contributed by atoms with Crippen molar-refractivity contribution in [2.45, 2.75) is 13.8 Å². The van der Waals surface area contributed by atoms with Gasteiger partial charge in [0, 0.05) is 28.9 Å². The molecule has 3 rings (SSSR count). The maximum absolute atomic E-state index is 12.3. The highest BCUT2D eigenvalue weighted by Crippen LogP contribution is 2.24. The Morgan fingerprint density at radius 2 is 1.92 bits per heavy atom. The lowest BCUT2D eigenvalue weighted by molar-refractivity contribution is -0.114. The maximum atomic E-state index is 12.3. The van der Waals surface area contributed by atoms with E-state index in [1.54, 1.807) is 16.7 Å². The molecular formula is C16H14N4O2S2. The zero-order valence-electron chi connectivity index (χ0n) is 13.0. The summed E-state index contributed by atoms with van der Waals surface area (Å²) < 4.78 is 0. The second-order valence-corrected chi connectivity index (χ2v) is 6.93. The van der Waals surface area contributed by atoms with Gasteiger partial charge in [-0.25, -0.2) is 9.97 Å². The van der Waals surface area contributed by atoms with E-state index in [1.165, 1.54) is 18.3 Å². The zero-order chi connectivity index (χ0) is 17.1. The SMILES string of the molecule is CC(=O)Nc1nc(C(=O)Nc2cccc(-c3csc(C)n3)c2)cs1. The van der Waals surface area contributed by atoms with Crippen molar-refractivity contribution in [2.75, 3.05) is 10.6 Å². The number of carbonyl (C=O) groups is 2. The number of amides is 2. The molecule has 0 unspecified atom stereocenters. The molecule has 2 heterocycles. The molecule has 0 fully saturated rings. The van der Waals surface area contributed by atoms with Gasteiger partial charge < -0.3 is 10.6 Å². The van der Waals surface area contributed by atoms with E-state index in [1.807, 2.05) is 36.6 Å². The minimum atomic E-state index is -0.325. The molecule has 3 aromatic rings. The van der Waals surface area contributed by atoms with Gasteiger partial charge in [-0.2, -0.15) is 0 Å². The van der Waals surface area contributed by atoms with Crippen molar-refractivity contribution in [1.29, 1.82) is 0 Å². The number of rotatable bonds is 4. The Bertz CT molecular complexity index is 901. The van der Waals surface area contributed by atoms with Crippen LogP contribution in [0.2, 0.25) is 0 Å². The topological polar surface area (TPSA) is 84.0 Å². The largest absolute Gasteiger partial charge is 0.321 e. The third-order valence-corrected chi connectivity index (χ3v) is 4.59. The highest BCUT2D eigenvalue weighted by Gasteiger charge is 2.12. The second-order valence-electron chi connectivity index (χ2n) is 5.01. The van der Waals surface area contributed by atoms with Crippen LogP contribution >= 0.6 is 22.7 Å². The Labute approximate surface area is 146 Å². The summed E-state index contributed by atoms with van der Waals surface area (Å²) in [6, 6.07) is 7.49. The van der Waals surface area contributed by atoms with E-state index in [0.29, 0.717) is 10.8 Å². The smallest absolute Gasteiger partial charge is 0.275 e. The molecule has 0 radical (unpaired) electrons. The van der Waals surface area contributed by atoms with Gasteiger partial charge in [-0.3, -0.25) is 9.59 Å². The summed E-state index contributed by atoms with van der Waals surface area (Å²) in [6.45, 7) is 3.35. The summed E-state index contributed by atoms with van der Waals surface area (Å²) in [5, 5.41) is 10.4. The van der Waals surface area contributed by atoms with E-state index >= 15 is 0 Å². The Hall–Kier alpha value is -2.58. The van der Waals surface area contributed by atoms with Crippen molar-refractivity contribution in [2.24, 2.45) is 0 Å². The third kappa shape index (κ3) is 3.84. The van der Waals surface area contributed by atoms with E-state index in [-0.39, 0.29) is 17.5 Å². The second kappa shape index (κ2) is 6.90. The summed E-state index contributed by atoms with van der Waals surface area (Å²) in [4.78, 5) is 31.8. The first-order chi connectivity index (χ1) is 11.5. The predicted molar refractivity (Wildman–Crippen MR) is 96.7 cm³/mol. The quantitative estimate of drug-likeness (QED) is 0.743. The third-order valence-electron chi connectivity index (χ3n) is 3.06. The molecule has 0 spiro atoms. The number of anilines is 2. The number of benzene rings is 1. The molecule has 24 heavy (non-hydrogen) atoms. The number of nitrogens with one attached hydrogen (secondary N) is 2. The highest BCUT2D eigenvalue weighted by molar-refractivity contribution is 7.14. The van der Waals surface area contributed by atoms with Crippen molar-refractivity contribution in [3.05, 3.63) is 45.7 Å². The van der Waals surface area contributed by atoms with Crippen LogP contribution in [-0.2, 0) is 4.79 Å². The van der Waals surface area contributed by atoms with Crippen LogP contribution in [0.5, 0.6) is 0 Å². The molecular weight excluding hydrogens is 344 g/mol. The monoisotopic (exact) mass is 358 g/mol. The Balaban J connectivity index is 1.75. The average molecular weight is 358 g/mol. The highest BCUT2D eigenvalue weighted by atomic mass is 32.1. The lowest BCUT2D eigenvalue weighted by Gasteiger charge is -2.05. The molecule has 0 saturated carbocycles. The van der Waals surface area contributed by atoms with E-state index in [9.17, 15) is 9.59 Å². The van der Waals surface area contributed by atoms with Gasteiger partial charge >= 0.3 is 0 Å². The van der Waals surface area contributed by atoms with Gasteiger partial charge in [0.1, 0.15) is 5.69 Å². The number of nitrogens with zero attached hydrogens (tertiary/aromatic N) is 2. The fourth-order valence-corrected chi connectivity index (χ4v) is 3.39. The molecule has 8 heteroatoms. The molecule has 0 atom stereocenters. The lowest BCUT2D eigenvalue weighted by Crippen LogP contribution is -2.13. The Morgan fingerprint density at radius 1 is 1.08 bits per heavy atom. The van der Waals surface area contributed by atoms with Gasteiger partial charge in [0.2, 0.25) is 5.91 Å². The number of hydrogen-bond acceptors (Lipinski definition) is 6. The van der Waals surface area contributed by atoms with Crippen LogP contribution in [-0.4, -0.2) is 21.8 Å². The molecule has 6 nitrogen and oxygen atoms in total. The molecule has 0 aliphatic rings. The van der Waals surface area contributed by atoms with Crippen molar-refractivity contribution in [1.82, 2.24) is 9.97 Å². The summed E-state index contributed by atoms with van der Waals surface area (Å²) in [5.74, 6) is -0.544. The summed E-state index contributed by atoms with van der Waals surface area (Å²) in [5.41, 5.74) is 2.75. The number of carbonyl (C=O) groups excluding carboxylic acids is 2. The van der Waals surface area contributed by atoms with Gasteiger partial charge in [0.05, 0.1) is 10.7 Å². The van der Waals surface area contributed by atoms with Crippen LogP contribution in [0.25, 0.3) is 11.3 Å². The van der Waals surface area contributed by atoms with Crippen molar-refractivity contribution >= 4 is 45.3 Å². The number of hydrogen-bond donors (Lipinski definition) is 2. The van der Waals surface area contributed by atoms with E-state index < -0.39 is 0 Å². The minimum absolute atomic E-state index is 0.220. The molecule has 0 saturated heterocycles. The Kier molecular flexibility index (Phi) is 4.68. The summed E-state index contributed by atoms with van der Waals surface area (Å²) in [7, 11) is 0. The van der Waals surface area contributed by atoms with Crippen LogP contribution in [0.3, 0.4) is 0 Å². The molecule has 2 amide bonds. The molecule has 0 aliphatic heterocycles. The van der Waals surface area contributed by atoms with Crippen molar-refractivity contribution in [3.63, 3.8) is 0 Å². The van der Waals surface area contributed by atoms with E-state index in [2.05, 4.69) is 20.6 Å². The first-order valence-electron chi connectivity index (χ1n) is 7.08. The standard InChI is InChI=1S/C16H14N4O2S2/c1-9(21)17-16-20-14(8-24-16)15(22)19-12-5-3-4-11(6-12)13-7-23-10(2)18-13/h3-8H,1-2H3,(H,19,22)(H,17,20,21). The normalized spacial score (nSPS) is 10.4. The van der Waals surface area contributed by atoms with Gasteiger partial charge in [-0.05, 0) is 19.1 Å². The van der Waals surface area contributed by atoms with Gasteiger partial charge in [-0.15, -0.1) is 22.7 Å². The average Bonchev–Trinajstić information content (AvgIpc) is 3.16. The molecule has 2 aromatic heterocycles. The van der Waals surface area contributed by atoms with Gasteiger partial charge in [0.25, 0.3) is 5.91 Å². The summed E-state index contributed by atoms with van der Waals surface area (Å²) in [6.07, 6.45) is 0. The minimum Gasteiger partial charge on any atom is -0.321 e. The van der Waals surface area contributed by atoms with Gasteiger partial charge in [0.15, 0.2) is 5.13 Å². The Morgan fingerprint density at radius 3 is 2.62 bits per heavy atom. The van der Waals surface area contributed by atoms with Crippen LogP contribution < -0.4 is 10.6 Å². The first kappa shape index (κ1) is 16.3. The van der Waals surface area contributed by atoms with Crippen LogP contribution in [0.1, 0.15) is 22.4 Å². The van der Waals surface area contributed by atoms with Gasteiger partial charge in [-0.1, -0.05) is 12.1 Å². The van der Waals surface area contributed by atoms with Crippen LogP contribution in [0.15, 0.2) is 35.0 Å². The van der Waals surface area contributed by atoms with E-state index in [4.69, 9.17) is 0 Å². The molecule has 1 aromatic carbocycles. The molecule has 122 valence electrons. The van der Waals surface area contributed by atoms with Crippen LogP contribution in [0, 0.1) is 6.92 Å². The van der Waals surface area contributed by atoms with Crippen molar-refractivity contribution in [3.8, 4) is 11.3 Å². The van der Waals surface area contributed by atoms with Crippen LogP contribution in [0.4, 0.5) is 10.8 Å². The number of aromatic nitrogens is 2. The molecule has 2 N–H and O–H groups in total. The maximum Gasteiger partial charge on any atom is 0.275 e. The first-order valence-corrected chi connectivity index (χ1v) is 8.84. The number of aryl methyl sites for hydroxylation is 1. The zero-order valence-corrected chi connectivity index (χ0v) is 14.6. The predicted octanol–water partition coefficient (Wildman–Crippen LogP) is 3.79. The van der Waals surface area contributed by atoms with E-state index in [0.717, 1.165) is 16.3 Å².